The van der Waals surface area contributed by atoms with E-state index in [0.717, 1.165) is 24.3 Å². The molecule has 0 amide bonds. The topological polar surface area (TPSA) is 48.1 Å². The van der Waals surface area contributed by atoms with E-state index in [1.165, 1.54) is 0 Å². The molecule has 2 N–H and O–H groups in total. The van der Waals surface area contributed by atoms with Crippen molar-refractivity contribution >= 4 is 0 Å². The lowest BCUT2D eigenvalue weighted by Crippen LogP contribution is -2.44. The number of hydrogen-bond acceptors (Lipinski definition) is 3. The van der Waals surface area contributed by atoms with Crippen LogP contribution in [0.1, 0.15) is 32.4 Å². The number of ether oxygens (including phenoxy) is 1. The van der Waals surface area contributed by atoms with E-state index >= 15 is 0 Å². The maximum absolute atomic E-state index is 6.28. The lowest BCUT2D eigenvalue weighted by atomic mass is 9.78. The van der Waals surface area contributed by atoms with Gasteiger partial charge >= 0.3 is 0 Å². The van der Waals surface area contributed by atoms with E-state index in [2.05, 4.69) is 18.8 Å². The molecule has 0 aliphatic heterocycles. The van der Waals surface area contributed by atoms with Gasteiger partial charge in [-0.1, -0.05) is 13.8 Å². The van der Waals surface area contributed by atoms with Crippen molar-refractivity contribution in [2.45, 2.75) is 37.6 Å². The van der Waals surface area contributed by atoms with Crippen molar-refractivity contribution in [2.75, 3.05) is 7.11 Å². The molecular formula is C12H18N2O. The molecule has 2 rings (SSSR count). The fraction of sp³-hybridized carbons (Fsp3) is 0.583. The predicted octanol–water partition coefficient (Wildman–Crippen LogP) is 1.86. The Morgan fingerprint density at radius 1 is 1.47 bits per heavy atom. The molecule has 0 radical (unpaired) electrons. The molecule has 1 aromatic heterocycles. The summed E-state index contributed by atoms with van der Waals surface area (Å²) in [6, 6.07) is 3.82. The Hall–Kier alpha value is -1.09. The van der Waals surface area contributed by atoms with Crippen LogP contribution in [-0.4, -0.2) is 17.6 Å². The Morgan fingerprint density at radius 2 is 2.13 bits per heavy atom. The van der Waals surface area contributed by atoms with Gasteiger partial charge in [0.1, 0.15) is 5.75 Å². The van der Waals surface area contributed by atoms with Crippen LogP contribution in [0.25, 0.3) is 0 Å². The minimum atomic E-state index is -0.125. The van der Waals surface area contributed by atoms with Crippen LogP contribution in [0.4, 0.5) is 0 Å². The standard InChI is InChI=1S/C12H18N2O/c1-11(2,12(13)6-7-12)10-9(15-3)5-4-8-14-10/h4-5,8H,6-7,13H2,1-3H3. The molecule has 3 nitrogen and oxygen atoms in total. The summed E-state index contributed by atoms with van der Waals surface area (Å²) in [5.74, 6) is 0.833. The van der Waals surface area contributed by atoms with Crippen molar-refractivity contribution in [3.05, 3.63) is 24.0 Å². The van der Waals surface area contributed by atoms with Crippen LogP contribution in [0.5, 0.6) is 5.75 Å². The molecule has 1 aromatic rings. The van der Waals surface area contributed by atoms with Gasteiger partial charge in [0.15, 0.2) is 0 Å². The minimum Gasteiger partial charge on any atom is -0.495 e. The lowest BCUT2D eigenvalue weighted by Gasteiger charge is -2.32. The van der Waals surface area contributed by atoms with Crippen molar-refractivity contribution in [2.24, 2.45) is 5.73 Å². The number of nitrogens with zero attached hydrogens (tertiary/aromatic N) is 1. The van der Waals surface area contributed by atoms with E-state index in [-0.39, 0.29) is 11.0 Å². The van der Waals surface area contributed by atoms with Gasteiger partial charge in [-0.25, -0.2) is 0 Å². The van der Waals surface area contributed by atoms with Gasteiger partial charge in [0.2, 0.25) is 0 Å². The summed E-state index contributed by atoms with van der Waals surface area (Å²) in [7, 11) is 1.67. The molecule has 1 aliphatic rings. The average Bonchev–Trinajstić information content (AvgIpc) is 2.98. The monoisotopic (exact) mass is 206 g/mol. The van der Waals surface area contributed by atoms with Crippen LogP contribution >= 0.6 is 0 Å². The quantitative estimate of drug-likeness (QED) is 0.821. The molecule has 0 spiro atoms. The van der Waals surface area contributed by atoms with Gasteiger partial charge in [0.05, 0.1) is 12.8 Å². The molecule has 0 aromatic carbocycles. The second-order valence-corrected chi connectivity index (χ2v) is 4.84. The predicted molar refractivity (Wildman–Crippen MR) is 60.0 cm³/mol. The summed E-state index contributed by atoms with van der Waals surface area (Å²) in [6.07, 6.45) is 3.94. The zero-order valence-corrected chi connectivity index (χ0v) is 9.58. The maximum Gasteiger partial charge on any atom is 0.140 e. The molecule has 0 unspecified atom stereocenters. The zero-order valence-electron chi connectivity index (χ0n) is 9.58. The number of rotatable bonds is 3. The summed E-state index contributed by atoms with van der Waals surface area (Å²) in [5.41, 5.74) is 7.02. The Labute approximate surface area is 90.7 Å². The molecule has 82 valence electrons. The van der Waals surface area contributed by atoms with Crippen LogP contribution in [0, 0.1) is 0 Å². The first-order valence-corrected chi connectivity index (χ1v) is 5.30. The third-order valence-electron chi connectivity index (χ3n) is 3.62. The fourth-order valence-corrected chi connectivity index (χ4v) is 2.02. The Morgan fingerprint density at radius 3 is 2.67 bits per heavy atom. The Kier molecular flexibility index (Phi) is 2.23. The van der Waals surface area contributed by atoms with Crippen LogP contribution in [-0.2, 0) is 5.41 Å². The van der Waals surface area contributed by atoms with Gasteiger partial charge in [-0.2, -0.15) is 0 Å². The Balaban J connectivity index is 2.44. The summed E-state index contributed by atoms with van der Waals surface area (Å²) in [5, 5.41) is 0. The molecular weight excluding hydrogens is 188 g/mol. The third kappa shape index (κ3) is 1.51. The van der Waals surface area contributed by atoms with Gasteiger partial charge in [-0.3, -0.25) is 4.98 Å². The summed E-state index contributed by atoms with van der Waals surface area (Å²) in [4.78, 5) is 4.42. The Bertz CT molecular complexity index is 370. The first-order valence-electron chi connectivity index (χ1n) is 5.30. The smallest absolute Gasteiger partial charge is 0.140 e. The first kappa shape index (κ1) is 10.4. The van der Waals surface area contributed by atoms with E-state index in [0.29, 0.717) is 0 Å². The number of hydrogen-bond donors (Lipinski definition) is 1. The molecule has 0 saturated heterocycles. The number of nitrogens with two attached hydrogens (primary N) is 1. The van der Waals surface area contributed by atoms with Crippen LogP contribution in [0.3, 0.4) is 0 Å². The van der Waals surface area contributed by atoms with Gasteiger partial charge in [0, 0.05) is 17.2 Å². The second-order valence-electron chi connectivity index (χ2n) is 4.84. The van der Waals surface area contributed by atoms with Gasteiger partial charge in [0.25, 0.3) is 0 Å². The van der Waals surface area contributed by atoms with Gasteiger partial charge in [-0.05, 0) is 25.0 Å². The average molecular weight is 206 g/mol. The first-order chi connectivity index (χ1) is 7.01. The van der Waals surface area contributed by atoms with E-state index in [1.54, 1.807) is 13.3 Å². The lowest BCUT2D eigenvalue weighted by molar-refractivity contribution is 0.344. The fourth-order valence-electron chi connectivity index (χ4n) is 2.02. The van der Waals surface area contributed by atoms with Crippen molar-refractivity contribution < 1.29 is 4.74 Å². The SMILES string of the molecule is COc1cccnc1C(C)(C)C1(N)CC1. The zero-order chi connectivity index (χ0) is 11.1. The van der Waals surface area contributed by atoms with Gasteiger partial charge in [-0.15, -0.1) is 0 Å². The second kappa shape index (κ2) is 3.20. The number of aromatic nitrogens is 1. The highest BCUT2D eigenvalue weighted by Gasteiger charge is 2.53. The molecule has 1 heterocycles. The van der Waals surface area contributed by atoms with Crippen molar-refractivity contribution in [3.63, 3.8) is 0 Å². The molecule has 1 fully saturated rings. The van der Waals surface area contributed by atoms with E-state index in [4.69, 9.17) is 10.5 Å². The van der Waals surface area contributed by atoms with Crippen molar-refractivity contribution in [3.8, 4) is 5.75 Å². The maximum atomic E-state index is 6.28. The summed E-state index contributed by atoms with van der Waals surface area (Å²) >= 11 is 0. The molecule has 0 atom stereocenters. The number of pyridine rings is 1. The third-order valence-corrected chi connectivity index (χ3v) is 3.62. The van der Waals surface area contributed by atoms with Crippen molar-refractivity contribution in [1.29, 1.82) is 0 Å². The van der Waals surface area contributed by atoms with E-state index < -0.39 is 0 Å². The highest BCUT2D eigenvalue weighted by molar-refractivity contribution is 5.38. The van der Waals surface area contributed by atoms with Crippen molar-refractivity contribution in [1.82, 2.24) is 4.98 Å². The molecule has 3 heteroatoms. The normalized spacial score (nSPS) is 18.7. The van der Waals surface area contributed by atoms with E-state index in [1.807, 2.05) is 12.1 Å². The van der Waals surface area contributed by atoms with Gasteiger partial charge < -0.3 is 10.5 Å². The van der Waals surface area contributed by atoms with E-state index in [9.17, 15) is 0 Å². The summed E-state index contributed by atoms with van der Waals surface area (Å²) < 4.78 is 5.34. The van der Waals surface area contributed by atoms with Crippen LogP contribution in [0.15, 0.2) is 18.3 Å². The molecule has 1 aliphatic carbocycles. The number of methoxy groups -OCH3 is 1. The van der Waals surface area contributed by atoms with Crippen LogP contribution in [0.2, 0.25) is 0 Å². The largest absolute Gasteiger partial charge is 0.495 e. The highest BCUT2D eigenvalue weighted by Crippen LogP contribution is 2.50. The molecule has 15 heavy (non-hydrogen) atoms. The van der Waals surface area contributed by atoms with Crippen LogP contribution < -0.4 is 10.5 Å². The summed E-state index contributed by atoms with van der Waals surface area (Å²) in [6.45, 7) is 4.29. The molecule has 0 bridgehead atoms. The minimum absolute atomic E-state index is 0.103. The molecule has 1 saturated carbocycles. The highest BCUT2D eigenvalue weighted by atomic mass is 16.5.